The van der Waals surface area contributed by atoms with Gasteiger partial charge in [0.25, 0.3) is 0 Å². The zero-order valence-electron chi connectivity index (χ0n) is 16.2. The van der Waals surface area contributed by atoms with Crippen LogP contribution in [0.4, 0.5) is 5.00 Å². The molecule has 2 aromatic heterocycles. The Labute approximate surface area is 177 Å². The molecule has 1 amide bonds. The summed E-state index contributed by atoms with van der Waals surface area (Å²) in [4.78, 5) is 33.9. The molecule has 8 heteroatoms. The number of thioether (sulfide) groups is 1. The molecule has 152 valence electrons. The Morgan fingerprint density at radius 1 is 1.21 bits per heavy atom. The van der Waals surface area contributed by atoms with Gasteiger partial charge in [-0.2, -0.15) is 0 Å². The molecule has 0 bridgehead atoms. The van der Waals surface area contributed by atoms with E-state index < -0.39 is 0 Å². The standard InChI is InChI=1S/C21H23N3O3S2/c1-27-20(26)18-13-8-4-2-3-5-11-16(13)29-19(18)24-17(25)12-28-21-22-14-9-6-7-10-15(14)23-21/h6-7,9-10H,2-5,8,11-12H2,1H3,(H,22,23)(H,24,25). The van der Waals surface area contributed by atoms with Gasteiger partial charge in [0.05, 0.1) is 29.5 Å². The molecule has 0 atom stereocenters. The van der Waals surface area contributed by atoms with E-state index in [0.29, 0.717) is 15.7 Å². The first kappa shape index (κ1) is 20.0. The summed E-state index contributed by atoms with van der Waals surface area (Å²) in [5.74, 6) is -0.318. The predicted molar refractivity (Wildman–Crippen MR) is 117 cm³/mol. The number of fused-ring (bicyclic) bond motifs is 2. The van der Waals surface area contributed by atoms with Crippen molar-refractivity contribution in [2.75, 3.05) is 18.2 Å². The molecule has 3 aromatic rings. The van der Waals surface area contributed by atoms with Gasteiger partial charge in [-0.15, -0.1) is 11.3 Å². The molecule has 2 N–H and O–H groups in total. The third-order valence-electron chi connectivity index (χ3n) is 5.02. The predicted octanol–water partition coefficient (Wildman–Crippen LogP) is 4.80. The second-order valence-electron chi connectivity index (χ2n) is 7.01. The van der Waals surface area contributed by atoms with Crippen LogP contribution in [0.25, 0.3) is 11.0 Å². The van der Waals surface area contributed by atoms with Crippen molar-refractivity contribution in [3.05, 3.63) is 40.3 Å². The van der Waals surface area contributed by atoms with Crippen molar-refractivity contribution in [3.63, 3.8) is 0 Å². The molecule has 0 unspecified atom stereocenters. The summed E-state index contributed by atoms with van der Waals surface area (Å²) in [7, 11) is 1.39. The van der Waals surface area contributed by atoms with Crippen LogP contribution in [0.1, 0.15) is 46.5 Å². The average Bonchev–Trinajstić information content (AvgIpc) is 3.26. The summed E-state index contributed by atoms with van der Waals surface area (Å²) in [6, 6.07) is 7.76. The summed E-state index contributed by atoms with van der Waals surface area (Å²) in [5, 5.41) is 4.26. The quantitative estimate of drug-likeness (QED) is 0.450. The van der Waals surface area contributed by atoms with Crippen molar-refractivity contribution in [2.45, 2.75) is 43.7 Å². The summed E-state index contributed by atoms with van der Waals surface area (Å²) in [6.07, 6.45) is 6.37. The topological polar surface area (TPSA) is 84.1 Å². The van der Waals surface area contributed by atoms with Crippen LogP contribution >= 0.6 is 23.1 Å². The number of methoxy groups -OCH3 is 1. The summed E-state index contributed by atoms with van der Waals surface area (Å²) in [5.41, 5.74) is 3.42. The molecule has 1 aliphatic carbocycles. The molecule has 1 aliphatic rings. The number of hydrogen-bond acceptors (Lipinski definition) is 6. The number of carbonyl (C=O) groups is 2. The number of amides is 1. The second-order valence-corrected chi connectivity index (χ2v) is 9.08. The highest BCUT2D eigenvalue weighted by Crippen LogP contribution is 2.37. The molecule has 6 nitrogen and oxygen atoms in total. The number of aromatic nitrogens is 2. The number of aryl methyl sites for hydroxylation is 1. The SMILES string of the molecule is COC(=O)c1c(NC(=O)CSc2nc3ccccc3[nH]2)sc2c1CCCCCC2. The van der Waals surface area contributed by atoms with Crippen LogP contribution in [0.3, 0.4) is 0 Å². The summed E-state index contributed by atoms with van der Waals surface area (Å²) in [6.45, 7) is 0. The minimum atomic E-state index is -0.372. The van der Waals surface area contributed by atoms with Crippen molar-refractivity contribution in [1.29, 1.82) is 0 Å². The lowest BCUT2D eigenvalue weighted by molar-refractivity contribution is -0.113. The van der Waals surface area contributed by atoms with Gasteiger partial charge >= 0.3 is 5.97 Å². The smallest absolute Gasteiger partial charge is 0.341 e. The van der Waals surface area contributed by atoms with E-state index in [-0.39, 0.29) is 17.6 Å². The second kappa shape index (κ2) is 9.00. The first-order chi connectivity index (χ1) is 14.2. The van der Waals surface area contributed by atoms with E-state index >= 15 is 0 Å². The van der Waals surface area contributed by atoms with Gasteiger partial charge in [-0.25, -0.2) is 9.78 Å². The van der Waals surface area contributed by atoms with E-state index in [1.165, 1.54) is 47.9 Å². The van der Waals surface area contributed by atoms with Gasteiger partial charge in [-0.1, -0.05) is 36.7 Å². The van der Waals surface area contributed by atoms with Gasteiger partial charge in [-0.05, 0) is 43.4 Å². The maximum atomic E-state index is 12.6. The first-order valence-corrected chi connectivity index (χ1v) is 11.6. The number of nitrogens with zero attached hydrogens (tertiary/aromatic N) is 1. The number of H-pyrrole nitrogens is 1. The van der Waals surface area contributed by atoms with Crippen LogP contribution in [0.5, 0.6) is 0 Å². The number of ether oxygens (including phenoxy) is 1. The molecule has 0 spiro atoms. The third kappa shape index (κ3) is 4.48. The van der Waals surface area contributed by atoms with Gasteiger partial charge < -0.3 is 15.0 Å². The molecular weight excluding hydrogens is 406 g/mol. The zero-order valence-corrected chi connectivity index (χ0v) is 17.9. The minimum absolute atomic E-state index is 0.158. The van der Waals surface area contributed by atoms with E-state index in [4.69, 9.17) is 4.74 Å². The van der Waals surface area contributed by atoms with E-state index in [2.05, 4.69) is 15.3 Å². The van der Waals surface area contributed by atoms with Gasteiger partial charge in [0.2, 0.25) is 5.91 Å². The Morgan fingerprint density at radius 2 is 2.00 bits per heavy atom. The number of hydrogen-bond donors (Lipinski definition) is 2. The van der Waals surface area contributed by atoms with Gasteiger partial charge in [0, 0.05) is 4.88 Å². The molecule has 0 aliphatic heterocycles. The molecule has 0 radical (unpaired) electrons. The Morgan fingerprint density at radius 3 is 2.79 bits per heavy atom. The molecular formula is C21H23N3O3S2. The highest BCUT2D eigenvalue weighted by molar-refractivity contribution is 7.99. The fourth-order valence-corrected chi connectivity index (χ4v) is 5.60. The number of benzene rings is 1. The maximum absolute atomic E-state index is 12.6. The molecule has 1 aromatic carbocycles. The Balaban J connectivity index is 1.49. The van der Waals surface area contributed by atoms with E-state index in [0.717, 1.165) is 42.3 Å². The fourth-order valence-electron chi connectivity index (χ4n) is 3.62. The Bertz CT molecular complexity index is 1010. The lowest BCUT2D eigenvalue weighted by Crippen LogP contribution is -2.16. The Kier molecular flexibility index (Phi) is 6.20. The number of rotatable bonds is 5. The highest BCUT2D eigenvalue weighted by atomic mass is 32.2. The van der Waals surface area contributed by atoms with Crippen molar-refractivity contribution >= 4 is 51.0 Å². The number of imidazole rings is 1. The summed E-state index contributed by atoms with van der Waals surface area (Å²) < 4.78 is 5.01. The molecule has 29 heavy (non-hydrogen) atoms. The summed E-state index contributed by atoms with van der Waals surface area (Å²) >= 11 is 2.86. The number of aromatic amines is 1. The average molecular weight is 430 g/mol. The van der Waals surface area contributed by atoms with Crippen molar-refractivity contribution in [1.82, 2.24) is 9.97 Å². The highest BCUT2D eigenvalue weighted by Gasteiger charge is 2.25. The molecule has 0 fully saturated rings. The monoisotopic (exact) mass is 429 g/mol. The third-order valence-corrected chi connectivity index (χ3v) is 7.10. The molecule has 2 heterocycles. The lowest BCUT2D eigenvalue weighted by Gasteiger charge is -2.10. The van der Waals surface area contributed by atoms with Crippen LogP contribution in [0.2, 0.25) is 0 Å². The minimum Gasteiger partial charge on any atom is -0.465 e. The molecule has 0 saturated heterocycles. The van der Waals surface area contributed by atoms with Crippen LogP contribution in [0, 0.1) is 0 Å². The van der Waals surface area contributed by atoms with Gasteiger partial charge in [0.15, 0.2) is 5.16 Å². The number of thiophene rings is 1. The van der Waals surface area contributed by atoms with E-state index in [1.54, 1.807) is 0 Å². The maximum Gasteiger partial charge on any atom is 0.341 e. The first-order valence-electron chi connectivity index (χ1n) is 9.76. The van der Waals surface area contributed by atoms with E-state index in [1.807, 2.05) is 24.3 Å². The number of anilines is 1. The zero-order chi connectivity index (χ0) is 20.2. The largest absolute Gasteiger partial charge is 0.465 e. The number of carbonyl (C=O) groups excluding carboxylic acids is 2. The number of nitrogens with one attached hydrogen (secondary N) is 2. The number of para-hydroxylation sites is 2. The Hall–Kier alpha value is -2.32. The lowest BCUT2D eigenvalue weighted by atomic mass is 9.96. The van der Waals surface area contributed by atoms with Gasteiger partial charge in [-0.3, -0.25) is 4.79 Å². The van der Waals surface area contributed by atoms with Crippen LogP contribution in [0.15, 0.2) is 29.4 Å². The molecule has 4 rings (SSSR count). The van der Waals surface area contributed by atoms with E-state index in [9.17, 15) is 9.59 Å². The van der Waals surface area contributed by atoms with Crippen molar-refractivity contribution in [3.8, 4) is 0 Å². The van der Waals surface area contributed by atoms with Crippen LogP contribution in [-0.2, 0) is 22.4 Å². The van der Waals surface area contributed by atoms with Crippen molar-refractivity contribution < 1.29 is 14.3 Å². The van der Waals surface area contributed by atoms with Crippen LogP contribution in [-0.4, -0.2) is 34.7 Å². The number of esters is 1. The van der Waals surface area contributed by atoms with Gasteiger partial charge in [0.1, 0.15) is 5.00 Å². The fraction of sp³-hybridized carbons (Fsp3) is 0.381. The van der Waals surface area contributed by atoms with Crippen molar-refractivity contribution in [2.24, 2.45) is 0 Å². The van der Waals surface area contributed by atoms with Crippen LogP contribution < -0.4 is 5.32 Å². The normalized spacial score (nSPS) is 14.1. The molecule has 0 saturated carbocycles.